The summed E-state index contributed by atoms with van der Waals surface area (Å²) in [7, 11) is 0.588. The summed E-state index contributed by atoms with van der Waals surface area (Å²) in [6, 6.07) is -0.872. The summed E-state index contributed by atoms with van der Waals surface area (Å²) in [5.74, 6) is -2.88. The minimum Gasteiger partial charge on any atom is -0.456 e. The first-order chi connectivity index (χ1) is 33.0. The molecule has 4 heterocycles. The highest BCUT2D eigenvalue weighted by atomic mass is 28.4. The summed E-state index contributed by atoms with van der Waals surface area (Å²) in [4.78, 5) is 46.9. The van der Waals surface area contributed by atoms with Gasteiger partial charge in [-0.2, -0.15) is 0 Å². The predicted molar refractivity (Wildman–Crippen MR) is 284 cm³/mol. The lowest BCUT2D eigenvalue weighted by Crippen LogP contribution is -2.65. The van der Waals surface area contributed by atoms with E-state index >= 15 is 9.59 Å². The zero-order valence-corrected chi connectivity index (χ0v) is 49.8. The van der Waals surface area contributed by atoms with Crippen molar-refractivity contribution in [2.45, 2.75) is 251 Å². The van der Waals surface area contributed by atoms with Crippen LogP contribution in [0.3, 0.4) is 0 Å². The van der Waals surface area contributed by atoms with Crippen molar-refractivity contribution in [2.24, 2.45) is 29.6 Å². The lowest BCUT2D eigenvalue weighted by Gasteiger charge is -2.49. The second-order valence-corrected chi connectivity index (χ2v) is 34.9. The van der Waals surface area contributed by atoms with E-state index in [1.807, 2.05) is 6.92 Å². The SMILES string of the molecule is CC[C@@H]1/C=C(\C)C[C@H](C)C[C@H](OC)[C@H]2O[C@]3(OCO[C@H]3C(=O)N3CCCC[C@H]3C(=O)O[C@H](/C(C)=C/[C@@H]3CC[C@@H](O[Si](C)(C)C(C)(C)C)[C@H](OC)C3)[C@H](C)[C@@H](O[Si](C)(C)C(C)(C)C)CC1=O)[C@H](C)C[C@@H]2OC. The van der Waals surface area contributed by atoms with Crippen LogP contribution in [0.5, 0.6) is 0 Å². The minimum absolute atomic E-state index is 0.00326. The van der Waals surface area contributed by atoms with Crippen molar-refractivity contribution in [3.05, 3.63) is 23.3 Å². The molecule has 0 unspecified atom stereocenters. The lowest BCUT2D eigenvalue weighted by atomic mass is 9.81. The number of carbonyl (C=O) groups is 3. The standard InChI is InChI=1S/C56H99NO12Si2/c1-20-41-28-35(2)27-36(3)29-47(62-14)50-48(63-15)31-38(5)56(67-50)51(64-34-65-56)52(59)57-26-22-21-23-42(57)53(60)66-49(39(6)45(33-43(41)58)69-71(18,19)55(10,11)12)37(4)30-40-24-25-44(46(32-40)61-13)68-70(16,17)54(7,8)9/h28,30,36,38-42,44-51H,20-27,29,31-34H2,1-19H3/b35-28+,37-30+/t36-,38+,39+,40-,41+,42-,44+,45-,46+,47-,48-,49+,50+,51-,56+/m0/s1. The fourth-order valence-corrected chi connectivity index (χ4v) is 14.3. The number of ketones is 1. The van der Waals surface area contributed by atoms with Gasteiger partial charge in [0.25, 0.3) is 5.91 Å². The molecule has 71 heavy (non-hydrogen) atoms. The molecule has 4 fully saturated rings. The molecular weight excluding hydrogens is 935 g/mol. The molecule has 1 aliphatic carbocycles. The molecule has 0 aromatic heterocycles. The van der Waals surface area contributed by atoms with E-state index in [9.17, 15) is 4.79 Å². The zero-order valence-electron chi connectivity index (χ0n) is 47.8. The highest BCUT2D eigenvalue weighted by molar-refractivity contribution is 6.74. The third kappa shape index (κ3) is 14.0. The van der Waals surface area contributed by atoms with Crippen molar-refractivity contribution in [1.29, 1.82) is 0 Å². The van der Waals surface area contributed by atoms with Gasteiger partial charge in [0.05, 0.1) is 30.5 Å². The largest absolute Gasteiger partial charge is 0.456 e. The van der Waals surface area contributed by atoms with Crippen LogP contribution < -0.4 is 0 Å². The van der Waals surface area contributed by atoms with E-state index in [4.69, 9.17) is 42.0 Å². The van der Waals surface area contributed by atoms with Gasteiger partial charge in [-0.3, -0.25) is 9.59 Å². The van der Waals surface area contributed by atoms with E-state index in [2.05, 4.69) is 115 Å². The fraction of sp³-hybridized carbons (Fsp3) is 0.875. The first kappa shape index (κ1) is 60.1. The van der Waals surface area contributed by atoms with Crippen molar-refractivity contribution in [3.8, 4) is 0 Å². The lowest BCUT2D eigenvalue weighted by molar-refractivity contribution is -0.325. The number of cyclic esters (lactones) is 1. The van der Waals surface area contributed by atoms with Crippen molar-refractivity contribution in [2.75, 3.05) is 34.7 Å². The number of carbonyl (C=O) groups excluding carboxylic acids is 3. The Balaban J connectivity index is 1.62. The molecule has 3 saturated heterocycles. The molecule has 0 radical (unpaired) electrons. The highest BCUT2D eigenvalue weighted by Gasteiger charge is 2.62. The van der Waals surface area contributed by atoms with Crippen LogP contribution in [0.1, 0.15) is 154 Å². The van der Waals surface area contributed by atoms with Gasteiger partial charge in [0.1, 0.15) is 24.0 Å². The van der Waals surface area contributed by atoms with Crippen LogP contribution in [-0.4, -0.2) is 135 Å². The van der Waals surface area contributed by atoms with Gasteiger partial charge in [-0.1, -0.05) is 87.0 Å². The third-order valence-electron chi connectivity index (χ3n) is 18.0. The molecule has 1 amide bonds. The maximum absolute atomic E-state index is 15.2. The van der Waals surface area contributed by atoms with Gasteiger partial charge in [0.15, 0.2) is 29.5 Å². The first-order valence-electron chi connectivity index (χ1n) is 27.3. The van der Waals surface area contributed by atoms with E-state index in [1.165, 1.54) is 0 Å². The summed E-state index contributed by atoms with van der Waals surface area (Å²) < 4.78 is 59.4. The first-order valence-corrected chi connectivity index (χ1v) is 33.1. The molecule has 0 N–H and O–H groups in total. The number of methoxy groups -OCH3 is 3. The maximum atomic E-state index is 15.2. The number of nitrogens with zero attached hydrogens (tertiary/aromatic N) is 1. The van der Waals surface area contributed by atoms with Gasteiger partial charge in [0.2, 0.25) is 5.79 Å². The van der Waals surface area contributed by atoms with Crippen LogP contribution >= 0.6 is 0 Å². The Kier molecular flexibility index (Phi) is 20.7. The highest BCUT2D eigenvalue weighted by Crippen LogP contribution is 2.47. The molecule has 408 valence electrons. The number of hydrogen-bond donors (Lipinski definition) is 0. The molecule has 5 rings (SSSR count). The second kappa shape index (κ2) is 24.5. The molecule has 15 heteroatoms. The van der Waals surface area contributed by atoms with Crippen LogP contribution in [-0.2, 0) is 56.4 Å². The van der Waals surface area contributed by atoms with Crippen LogP contribution in [0.15, 0.2) is 23.3 Å². The van der Waals surface area contributed by atoms with Crippen LogP contribution in [0.2, 0.25) is 36.3 Å². The summed E-state index contributed by atoms with van der Waals surface area (Å²) in [5, 5.41) is -0.0832. The zero-order chi connectivity index (χ0) is 53.0. The quantitative estimate of drug-likeness (QED) is 0.117. The molecule has 0 aromatic carbocycles. The molecular formula is C56H99NO12Si2. The van der Waals surface area contributed by atoms with Crippen LogP contribution in [0.4, 0.5) is 0 Å². The number of hydrogen-bond acceptors (Lipinski definition) is 12. The van der Waals surface area contributed by atoms with Gasteiger partial charge >= 0.3 is 5.97 Å². The van der Waals surface area contributed by atoms with Gasteiger partial charge in [0, 0.05) is 52.0 Å². The van der Waals surface area contributed by atoms with Gasteiger partial charge in [-0.25, -0.2) is 4.79 Å². The number of esters is 1. The van der Waals surface area contributed by atoms with E-state index in [-0.39, 0.29) is 77.0 Å². The van der Waals surface area contributed by atoms with E-state index in [1.54, 1.807) is 26.2 Å². The minimum atomic E-state index is -2.50. The average molecular weight is 1030 g/mol. The number of rotatable bonds is 10. The second-order valence-electron chi connectivity index (χ2n) is 25.4. The average Bonchev–Trinajstić information content (AvgIpc) is 3.72. The summed E-state index contributed by atoms with van der Waals surface area (Å²) >= 11 is 0. The van der Waals surface area contributed by atoms with Crippen molar-refractivity contribution in [1.82, 2.24) is 4.90 Å². The van der Waals surface area contributed by atoms with Crippen molar-refractivity contribution < 1.29 is 56.4 Å². The smallest absolute Gasteiger partial charge is 0.329 e. The predicted octanol–water partition coefficient (Wildman–Crippen LogP) is 11.3. The summed E-state index contributed by atoms with van der Waals surface area (Å²) in [6.07, 6.45) is 7.79. The monoisotopic (exact) mass is 1030 g/mol. The van der Waals surface area contributed by atoms with Crippen molar-refractivity contribution in [3.63, 3.8) is 0 Å². The van der Waals surface area contributed by atoms with E-state index < -0.39 is 70.9 Å². The van der Waals surface area contributed by atoms with Gasteiger partial charge in [-0.05, 0) is 132 Å². The topological polar surface area (TPSA) is 138 Å². The Morgan fingerprint density at radius 1 is 0.803 bits per heavy atom. The molecule has 15 atom stereocenters. The Labute approximate surface area is 432 Å². The van der Waals surface area contributed by atoms with Crippen LogP contribution in [0, 0.1) is 29.6 Å². The number of amides is 1. The number of ether oxygens (including phenoxy) is 7. The van der Waals surface area contributed by atoms with E-state index in [0.717, 1.165) is 49.7 Å². The summed E-state index contributed by atoms with van der Waals surface area (Å²) in [5.41, 5.74) is 2.03. The Bertz CT molecular complexity index is 1860. The number of fused-ring (bicyclic) bond motifs is 2. The molecule has 13 nitrogen and oxygen atoms in total. The maximum Gasteiger partial charge on any atom is 0.329 e. The van der Waals surface area contributed by atoms with Gasteiger partial charge in [-0.15, -0.1) is 0 Å². The Morgan fingerprint density at radius 2 is 1.41 bits per heavy atom. The molecule has 5 aliphatic rings. The third-order valence-corrected chi connectivity index (χ3v) is 27.0. The molecule has 2 bridgehead atoms. The number of allylic oxidation sites excluding steroid dienone is 3. The molecule has 1 saturated carbocycles. The number of piperidine rings is 1. The van der Waals surface area contributed by atoms with E-state index in [0.29, 0.717) is 32.2 Å². The van der Waals surface area contributed by atoms with Gasteiger partial charge < -0.3 is 46.9 Å². The molecule has 1 spiro atoms. The van der Waals surface area contributed by atoms with Crippen molar-refractivity contribution >= 4 is 34.3 Å². The number of Topliss-reactive ketones (excluding diaryl/α,β-unsaturated/α-hetero) is 1. The normalized spacial score (nSPS) is 38.1. The fourth-order valence-electron chi connectivity index (χ4n) is 11.5. The Hall–Kier alpha value is -1.80. The summed E-state index contributed by atoms with van der Waals surface area (Å²) in [6.45, 7) is 35.2. The molecule has 0 aromatic rings. The molecule has 4 aliphatic heterocycles. The Morgan fingerprint density at radius 3 is 2.00 bits per heavy atom. The van der Waals surface area contributed by atoms with Crippen LogP contribution in [0.25, 0.3) is 0 Å².